The molecule has 0 radical (unpaired) electrons. The van der Waals surface area contributed by atoms with E-state index in [9.17, 15) is 57.5 Å². The van der Waals surface area contributed by atoms with E-state index in [1.54, 1.807) is 0 Å². The van der Waals surface area contributed by atoms with Crippen LogP contribution >= 0.6 is 0 Å². The van der Waals surface area contributed by atoms with Crippen molar-refractivity contribution in [1.82, 2.24) is 58.5 Å². The molecule has 27 N–H and O–H groups in total. The maximum absolute atomic E-state index is 14.7. The monoisotopic (exact) mass is 1460 g/mol. The summed E-state index contributed by atoms with van der Waals surface area (Å²) in [7, 11) is 0. The van der Waals surface area contributed by atoms with Gasteiger partial charge in [-0.2, -0.15) is 0 Å². The van der Waals surface area contributed by atoms with Gasteiger partial charge in [0.25, 0.3) is 0 Å². The summed E-state index contributed by atoms with van der Waals surface area (Å²) in [5.41, 5.74) is 46.7. The lowest BCUT2D eigenvalue weighted by Crippen LogP contribution is -2.61. The minimum Gasteiger partial charge on any atom is -0.368 e. The van der Waals surface area contributed by atoms with Crippen molar-refractivity contribution in [2.24, 2.45) is 81.4 Å². The first-order valence-electron chi connectivity index (χ1n) is 38.2. The van der Waals surface area contributed by atoms with Crippen LogP contribution in [-0.2, 0) is 57.5 Å². The number of hydrogen-bond donors (Lipinski definition) is 19. The molecule has 0 aromatic rings. The molecular formula is C72H141N19O12. The van der Waals surface area contributed by atoms with Crippen molar-refractivity contribution < 1.29 is 57.5 Å². The Morgan fingerprint density at radius 2 is 0.359 bits per heavy atom. The standard InChI is InChI=1S/C72H141N19O12/c1-43(2)37-55(86-62(93)49(79)25-13-19-31-73)70(101)90-57(39-45(5)6)68(99)84-51(27-15-21-33-75)63(94)83-54(30-18-24-36-78)66(97)88-60(42-48(11)12)72(103)91-58(40-46(7)8)69(100)85-52(28-16-22-34-76)64(95)82-53(29-17-23-35-77)65(96)87-59(41-47(9)10)71(102)89-56(38-44(3)4)67(98)81-50(61(80)92)26-14-20-32-74/h43-60H,13-42,73-79H2,1-12H3,(H2,80,92)(H,81,98)(H,82,95)(H,83,94)(H,84,99)(H,85,100)(H,86,93)(H,87,96)(H,88,97)(H,89,102)(H,90,101)(H,91,103)/t49-,50-,51-,52-,53-,54-,55-,56-,57-,58-,59-,60-/m0/s1. The highest BCUT2D eigenvalue weighted by molar-refractivity contribution is 5.99. The van der Waals surface area contributed by atoms with Gasteiger partial charge >= 0.3 is 0 Å². The Morgan fingerprint density at radius 3 is 0.534 bits per heavy atom. The average Bonchev–Trinajstić information content (AvgIpc) is 0.866. The zero-order valence-electron chi connectivity index (χ0n) is 64.6. The molecule has 596 valence electrons. The molecule has 31 heteroatoms. The summed E-state index contributed by atoms with van der Waals surface area (Å²) in [5, 5.41) is 30.9. The number of amides is 12. The molecule has 0 rings (SSSR count). The summed E-state index contributed by atoms with van der Waals surface area (Å²) in [6.07, 6.45) is 7.69. The zero-order chi connectivity index (χ0) is 78.3. The number of primary amides is 1. The maximum Gasteiger partial charge on any atom is 0.243 e. The van der Waals surface area contributed by atoms with Crippen molar-refractivity contribution in [2.45, 2.75) is 310 Å². The van der Waals surface area contributed by atoms with Crippen LogP contribution < -0.4 is 104 Å². The summed E-state index contributed by atoms with van der Waals surface area (Å²) >= 11 is 0. The van der Waals surface area contributed by atoms with E-state index in [2.05, 4.69) is 58.5 Å². The van der Waals surface area contributed by atoms with E-state index in [4.69, 9.17) is 45.9 Å². The van der Waals surface area contributed by atoms with Crippen LogP contribution in [0.15, 0.2) is 0 Å². The van der Waals surface area contributed by atoms with Gasteiger partial charge in [0.1, 0.15) is 66.5 Å². The van der Waals surface area contributed by atoms with E-state index in [0.29, 0.717) is 96.6 Å². The Balaban J connectivity index is 7.19. The molecule has 0 unspecified atom stereocenters. The summed E-state index contributed by atoms with van der Waals surface area (Å²) in [6.45, 7) is 24.2. The molecule has 12 amide bonds. The average molecular weight is 1470 g/mol. The predicted molar refractivity (Wildman–Crippen MR) is 403 cm³/mol. The number of nitrogens with one attached hydrogen (secondary N) is 11. The third-order valence-corrected chi connectivity index (χ3v) is 17.3. The van der Waals surface area contributed by atoms with Gasteiger partial charge in [-0.05, 0) is 222 Å². The van der Waals surface area contributed by atoms with Gasteiger partial charge in [0.2, 0.25) is 70.9 Å². The topological polar surface area (TPSA) is 545 Å². The van der Waals surface area contributed by atoms with Gasteiger partial charge in [0, 0.05) is 0 Å². The molecule has 0 saturated heterocycles. The van der Waals surface area contributed by atoms with Crippen LogP contribution in [0.5, 0.6) is 0 Å². The largest absolute Gasteiger partial charge is 0.368 e. The van der Waals surface area contributed by atoms with Crippen LogP contribution in [0.3, 0.4) is 0 Å². The number of hydrogen-bond acceptors (Lipinski definition) is 19. The molecule has 0 spiro atoms. The minimum absolute atomic E-state index is 0.0399. The van der Waals surface area contributed by atoms with Crippen molar-refractivity contribution in [3.8, 4) is 0 Å². The molecule has 0 aliphatic rings. The smallest absolute Gasteiger partial charge is 0.243 e. The SMILES string of the molecule is CC(C)C[C@H](NC(=O)[C@H](CC(C)C)NC(=O)[C@H](CCCCN)NC(=O)[C@H](CCCCN)NC(=O)[C@H](CC(C)C)NC(=O)[C@H](CC(C)C)NC(=O)[C@H](CCCCN)NC(=O)[C@H](CCCCN)NC(=O)[C@H](CC(C)C)NC(=O)[C@H](CC(C)C)NC(=O)[C@@H](N)CCCCN)C(=O)N[C@@H](CCCCN)C(N)=O. The van der Waals surface area contributed by atoms with E-state index in [0.717, 1.165) is 0 Å². The molecule has 0 aromatic heterocycles. The van der Waals surface area contributed by atoms with Crippen LogP contribution in [0, 0.1) is 35.5 Å². The molecule has 0 fully saturated rings. The molecule has 0 aliphatic heterocycles. The van der Waals surface area contributed by atoms with Crippen molar-refractivity contribution in [3.63, 3.8) is 0 Å². The highest BCUT2D eigenvalue weighted by atomic mass is 16.2. The van der Waals surface area contributed by atoms with Crippen molar-refractivity contribution in [3.05, 3.63) is 0 Å². The minimum atomic E-state index is -1.27. The summed E-state index contributed by atoms with van der Waals surface area (Å²) < 4.78 is 0. The summed E-state index contributed by atoms with van der Waals surface area (Å²) in [6, 6.07) is -13.9. The van der Waals surface area contributed by atoms with E-state index in [-0.39, 0.29) is 132 Å². The first-order chi connectivity index (χ1) is 48.6. The fourth-order valence-electron chi connectivity index (χ4n) is 11.7. The molecule has 0 heterocycles. The van der Waals surface area contributed by atoms with Crippen LogP contribution in [0.25, 0.3) is 0 Å². The molecule has 12 atom stereocenters. The molecule has 0 bridgehead atoms. The van der Waals surface area contributed by atoms with Gasteiger partial charge in [-0.25, -0.2) is 0 Å². The number of nitrogens with two attached hydrogens (primary N) is 8. The fraction of sp³-hybridized carbons (Fsp3) is 0.833. The molecule has 103 heavy (non-hydrogen) atoms. The molecular weight excluding hydrogens is 1320 g/mol. The Bertz CT molecular complexity index is 2530. The van der Waals surface area contributed by atoms with Crippen LogP contribution in [0.2, 0.25) is 0 Å². The van der Waals surface area contributed by atoms with Gasteiger partial charge in [-0.1, -0.05) is 89.5 Å². The maximum atomic E-state index is 14.7. The zero-order valence-corrected chi connectivity index (χ0v) is 64.6. The molecule has 0 aliphatic carbocycles. The van der Waals surface area contributed by atoms with Gasteiger partial charge in [0.15, 0.2) is 0 Å². The molecule has 0 aromatic carbocycles. The van der Waals surface area contributed by atoms with Gasteiger partial charge < -0.3 is 104 Å². The first-order valence-corrected chi connectivity index (χ1v) is 38.2. The molecule has 31 nitrogen and oxygen atoms in total. The van der Waals surface area contributed by atoms with Crippen LogP contribution in [0.4, 0.5) is 0 Å². The van der Waals surface area contributed by atoms with Crippen molar-refractivity contribution in [2.75, 3.05) is 39.3 Å². The quantitative estimate of drug-likeness (QED) is 0.0361. The second-order valence-corrected chi connectivity index (χ2v) is 30.2. The Labute approximate surface area is 614 Å². The number of rotatable bonds is 59. The normalized spacial score (nSPS) is 15.1. The molecule has 0 saturated carbocycles. The van der Waals surface area contributed by atoms with E-state index >= 15 is 0 Å². The highest BCUT2D eigenvalue weighted by Crippen LogP contribution is 2.17. The Kier molecular flexibility index (Phi) is 51.4. The fourth-order valence-corrected chi connectivity index (χ4v) is 11.7. The number of carbonyl (C=O) groups excluding carboxylic acids is 12. The lowest BCUT2D eigenvalue weighted by molar-refractivity contribution is -0.136. The highest BCUT2D eigenvalue weighted by Gasteiger charge is 2.38. The second-order valence-electron chi connectivity index (χ2n) is 30.2. The number of carbonyl (C=O) groups is 12. The van der Waals surface area contributed by atoms with Gasteiger partial charge in [0.05, 0.1) is 6.04 Å². The predicted octanol–water partition coefficient (Wildman–Crippen LogP) is 0.182. The van der Waals surface area contributed by atoms with Crippen LogP contribution in [0.1, 0.15) is 237 Å². The van der Waals surface area contributed by atoms with E-state index < -0.39 is 143 Å². The van der Waals surface area contributed by atoms with Gasteiger partial charge in [-0.15, -0.1) is 0 Å². The third kappa shape index (κ3) is 42.8. The van der Waals surface area contributed by atoms with E-state index in [1.165, 1.54) is 0 Å². The second kappa shape index (κ2) is 54.9. The first kappa shape index (κ1) is 96.4. The number of unbranched alkanes of at least 4 members (excludes halogenated alkanes) is 6. The van der Waals surface area contributed by atoms with Gasteiger partial charge in [-0.3, -0.25) is 57.5 Å². The Morgan fingerprint density at radius 1 is 0.214 bits per heavy atom. The summed E-state index contributed by atoms with van der Waals surface area (Å²) in [5.74, 6) is -8.99. The van der Waals surface area contributed by atoms with E-state index in [1.807, 2.05) is 83.1 Å². The lowest BCUT2D eigenvalue weighted by atomic mass is 9.98. The Hall–Kier alpha value is -6.64. The third-order valence-electron chi connectivity index (χ3n) is 17.3. The van der Waals surface area contributed by atoms with Crippen LogP contribution in [-0.4, -0.2) is 183 Å². The lowest BCUT2D eigenvalue weighted by Gasteiger charge is -2.30. The summed E-state index contributed by atoms with van der Waals surface area (Å²) in [4.78, 5) is 170. The van der Waals surface area contributed by atoms with Crippen molar-refractivity contribution >= 4 is 70.9 Å². The van der Waals surface area contributed by atoms with Crippen molar-refractivity contribution in [1.29, 1.82) is 0 Å².